The molecule has 28 heavy (non-hydrogen) atoms. The van der Waals surface area contributed by atoms with E-state index in [1.54, 1.807) is 0 Å². The topological polar surface area (TPSA) is 3.24 Å². The van der Waals surface area contributed by atoms with E-state index in [9.17, 15) is 0 Å². The average molecular weight is 372 g/mol. The largest absolute Gasteiger partial charge is 0.303 e. The van der Waals surface area contributed by atoms with Crippen molar-refractivity contribution in [3.63, 3.8) is 0 Å². The summed E-state index contributed by atoms with van der Waals surface area (Å²) in [4.78, 5) is 2.68. The molecule has 0 N–H and O–H groups in total. The van der Waals surface area contributed by atoms with Crippen LogP contribution in [0.3, 0.4) is 0 Å². The van der Waals surface area contributed by atoms with Crippen LogP contribution in [0.1, 0.15) is 36.0 Å². The van der Waals surface area contributed by atoms with Crippen LogP contribution >= 0.6 is 0 Å². The molecule has 0 aliphatic heterocycles. The summed E-state index contributed by atoms with van der Waals surface area (Å²) in [6.45, 7) is 3.58. The first-order valence-electron chi connectivity index (χ1n) is 10.7. The maximum Gasteiger partial charge on any atom is -0.00156 e. The van der Waals surface area contributed by atoms with E-state index in [0.717, 1.165) is 0 Å². The zero-order chi connectivity index (χ0) is 19.3. The quantitative estimate of drug-likeness (QED) is 0.367. The van der Waals surface area contributed by atoms with Crippen LogP contribution in [0, 0.1) is 0 Å². The molecule has 0 bridgehead atoms. The van der Waals surface area contributed by atoms with Crippen LogP contribution < -0.4 is 0 Å². The third kappa shape index (κ3) is 7.70. The van der Waals surface area contributed by atoms with Crippen molar-refractivity contribution in [3.05, 3.63) is 108 Å². The molecule has 0 aliphatic rings. The normalized spacial score (nSPS) is 11.0. The smallest absolute Gasteiger partial charge is 0.00156 e. The number of hydrogen-bond acceptors (Lipinski definition) is 1. The molecule has 3 aromatic rings. The van der Waals surface area contributed by atoms with Gasteiger partial charge >= 0.3 is 0 Å². The van der Waals surface area contributed by atoms with Crippen molar-refractivity contribution >= 4 is 0 Å². The molecule has 0 saturated carbocycles. The Kier molecular flexibility index (Phi) is 8.83. The highest BCUT2D eigenvalue weighted by Crippen LogP contribution is 2.09. The van der Waals surface area contributed by atoms with E-state index in [1.807, 2.05) is 0 Å². The van der Waals surface area contributed by atoms with Crippen LogP contribution in [-0.4, -0.2) is 24.5 Å². The van der Waals surface area contributed by atoms with Crippen LogP contribution in [0.25, 0.3) is 0 Å². The summed E-state index contributed by atoms with van der Waals surface area (Å²) < 4.78 is 0. The highest BCUT2D eigenvalue weighted by atomic mass is 15.1. The number of rotatable bonds is 12. The lowest BCUT2D eigenvalue weighted by Gasteiger charge is -2.22. The predicted molar refractivity (Wildman–Crippen MR) is 121 cm³/mol. The van der Waals surface area contributed by atoms with E-state index >= 15 is 0 Å². The monoisotopic (exact) mass is 371 g/mol. The Morgan fingerprint density at radius 3 is 0.964 bits per heavy atom. The van der Waals surface area contributed by atoms with E-state index in [-0.39, 0.29) is 0 Å². The summed E-state index contributed by atoms with van der Waals surface area (Å²) in [7, 11) is 0. The van der Waals surface area contributed by atoms with Crippen molar-refractivity contribution in [2.24, 2.45) is 0 Å². The fraction of sp³-hybridized carbons (Fsp3) is 0.333. The third-order valence-electron chi connectivity index (χ3n) is 5.35. The van der Waals surface area contributed by atoms with E-state index in [1.165, 1.54) is 74.8 Å². The van der Waals surface area contributed by atoms with Gasteiger partial charge in [-0.25, -0.2) is 0 Å². The van der Waals surface area contributed by atoms with Crippen molar-refractivity contribution in [1.29, 1.82) is 0 Å². The zero-order valence-corrected chi connectivity index (χ0v) is 17.0. The summed E-state index contributed by atoms with van der Waals surface area (Å²) in [5.41, 5.74) is 4.36. The third-order valence-corrected chi connectivity index (χ3v) is 5.35. The van der Waals surface area contributed by atoms with Gasteiger partial charge in [-0.05, 0) is 74.8 Å². The lowest BCUT2D eigenvalue weighted by Crippen LogP contribution is -2.28. The van der Waals surface area contributed by atoms with Gasteiger partial charge in [0.05, 0.1) is 0 Å². The van der Waals surface area contributed by atoms with Gasteiger partial charge in [-0.3, -0.25) is 0 Å². The molecule has 0 radical (unpaired) electrons. The van der Waals surface area contributed by atoms with Gasteiger partial charge in [0.15, 0.2) is 0 Å². The summed E-state index contributed by atoms with van der Waals surface area (Å²) in [5, 5.41) is 0. The van der Waals surface area contributed by atoms with E-state index in [4.69, 9.17) is 0 Å². The molecule has 0 unspecified atom stereocenters. The molecule has 3 aromatic carbocycles. The molecule has 0 fully saturated rings. The molecule has 0 aromatic heterocycles. The predicted octanol–water partition coefficient (Wildman–Crippen LogP) is 6.19. The highest BCUT2D eigenvalue weighted by Gasteiger charge is 2.06. The molecule has 1 nitrogen and oxygen atoms in total. The minimum Gasteiger partial charge on any atom is -0.303 e. The van der Waals surface area contributed by atoms with Gasteiger partial charge in [0.2, 0.25) is 0 Å². The van der Waals surface area contributed by atoms with Gasteiger partial charge in [-0.2, -0.15) is 0 Å². The second kappa shape index (κ2) is 12.2. The number of nitrogens with zero attached hydrogens (tertiary/aromatic N) is 1. The molecular weight excluding hydrogens is 338 g/mol. The Labute approximate surface area is 171 Å². The van der Waals surface area contributed by atoms with Gasteiger partial charge in [-0.15, -0.1) is 0 Å². The first-order valence-corrected chi connectivity index (χ1v) is 10.7. The molecular formula is C27H33N. The average Bonchev–Trinajstić information content (AvgIpc) is 2.76. The number of benzene rings is 3. The van der Waals surface area contributed by atoms with Crippen LogP contribution in [-0.2, 0) is 19.3 Å². The van der Waals surface area contributed by atoms with E-state index in [0.29, 0.717) is 0 Å². The van der Waals surface area contributed by atoms with Crippen molar-refractivity contribution < 1.29 is 0 Å². The lowest BCUT2D eigenvalue weighted by atomic mass is 10.1. The fourth-order valence-electron chi connectivity index (χ4n) is 3.79. The molecule has 0 saturated heterocycles. The Morgan fingerprint density at radius 1 is 0.393 bits per heavy atom. The minimum atomic E-state index is 1.18. The van der Waals surface area contributed by atoms with E-state index in [2.05, 4.69) is 95.9 Å². The Bertz CT molecular complexity index is 644. The van der Waals surface area contributed by atoms with Gasteiger partial charge < -0.3 is 4.90 Å². The molecule has 0 aliphatic carbocycles. The van der Waals surface area contributed by atoms with Gasteiger partial charge in [0, 0.05) is 0 Å². The first kappa shape index (κ1) is 20.4. The van der Waals surface area contributed by atoms with Gasteiger partial charge in [0.1, 0.15) is 0 Å². The summed E-state index contributed by atoms with van der Waals surface area (Å²) in [6.07, 6.45) is 7.24. The second-order valence-corrected chi connectivity index (χ2v) is 7.61. The molecule has 0 amide bonds. The van der Waals surface area contributed by atoms with Crippen molar-refractivity contribution in [3.8, 4) is 0 Å². The molecule has 146 valence electrons. The fourth-order valence-corrected chi connectivity index (χ4v) is 3.79. The Hall–Kier alpha value is -2.38. The van der Waals surface area contributed by atoms with E-state index < -0.39 is 0 Å². The Morgan fingerprint density at radius 2 is 0.679 bits per heavy atom. The second-order valence-electron chi connectivity index (χ2n) is 7.61. The maximum absolute atomic E-state index is 2.68. The summed E-state index contributed by atoms with van der Waals surface area (Å²) in [5.74, 6) is 0. The van der Waals surface area contributed by atoms with Crippen molar-refractivity contribution in [1.82, 2.24) is 4.90 Å². The van der Waals surface area contributed by atoms with Crippen LogP contribution in [0.5, 0.6) is 0 Å². The van der Waals surface area contributed by atoms with Gasteiger partial charge in [0.25, 0.3) is 0 Å². The maximum atomic E-state index is 2.68. The molecule has 1 heteroatoms. The molecule has 0 atom stereocenters. The number of hydrogen-bond donors (Lipinski definition) is 0. The standard InChI is InChI=1S/C27H33N/c1-4-13-25(14-5-1)19-10-22-28(23-11-20-26-15-6-2-7-16-26)24-12-21-27-17-8-3-9-18-27/h1-9,13-18H,10-12,19-24H2. The highest BCUT2D eigenvalue weighted by molar-refractivity contribution is 5.16. The van der Waals surface area contributed by atoms with Crippen LogP contribution in [0.2, 0.25) is 0 Å². The molecule has 0 spiro atoms. The SMILES string of the molecule is c1ccc(CCCN(CCCc2ccccc2)CCCc2ccccc2)cc1. The Balaban J connectivity index is 1.44. The van der Waals surface area contributed by atoms with Crippen LogP contribution in [0.15, 0.2) is 91.0 Å². The zero-order valence-electron chi connectivity index (χ0n) is 17.0. The van der Waals surface area contributed by atoms with Crippen molar-refractivity contribution in [2.75, 3.05) is 19.6 Å². The van der Waals surface area contributed by atoms with Crippen molar-refractivity contribution in [2.45, 2.75) is 38.5 Å². The number of aryl methyl sites for hydroxylation is 3. The first-order chi connectivity index (χ1) is 13.9. The summed E-state index contributed by atoms with van der Waals surface area (Å²) in [6, 6.07) is 32.6. The van der Waals surface area contributed by atoms with Gasteiger partial charge in [-0.1, -0.05) is 91.0 Å². The molecule has 3 rings (SSSR count). The summed E-state index contributed by atoms with van der Waals surface area (Å²) >= 11 is 0. The molecule has 0 heterocycles. The lowest BCUT2D eigenvalue weighted by molar-refractivity contribution is 0.264. The van der Waals surface area contributed by atoms with Crippen LogP contribution in [0.4, 0.5) is 0 Å². The minimum absolute atomic E-state index is 1.18.